The third-order valence-electron chi connectivity index (χ3n) is 2.60. The van der Waals surface area contributed by atoms with E-state index < -0.39 is 0 Å². The molecule has 0 unspecified atom stereocenters. The number of nitriles is 1. The Bertz CT molecular complexity index is 616. The van der Waals surface area contributed by atoms with Crippen molar-refractivity contribution < 1.29 is 4.74 Å². The lowest BCUT2D eigenvalue weighted by molar-refractivity contribution is 0.410. The molecule has 92 valence electrons. The number of ether oxygens (including phenoxy) is 1. The van der Waals surface area contributed by atoms with Gasteiger partial charge in [-0.2, -0.15) is 5.26 Å². The molecule has 1 aromatic heterocycles. The van der Waals surface area contributed by atoms with Gasteiger partial charge in [-0.25, -0.2) is 4.98 Å². The lowest BCUT2D eigenvalue weighted by Gasteiger charge is -2.07. The Morgan fingerprint density at radius 3 is 2.83 bits per heavy atom. The molecule has 0 radical (unpaired) electrons. The maximum absolute atomic E-state index is 8.93. The van der Waals surface area contributed by atoms with E-state index in [0.717, 1.165) is 28.3 Å². The molecule has 0 fully saturated rings. The van der Waals surface area contributed by atoms with E-state index in [0.29, 0.717) is 9.48 Å². The summed E-state index contributed by atoms with van der Waals surface area (Å²) in [6.45, 7) is 2.08. The number of methoxy groups -OCH3 is 1. The van der Waals surface area contributed by atoms with E-state index in [2.05, 4.69) is 40.0 Å². The quantitative estimate of drug-likeness (QED) is 0.857. The van der Waals surface area contributed by atoms with Gasteiger partial charge < -0.3 is 4.74 Å². The van der Waals surface area contributed by atoms with Crippen LogP contribution in [0, 0.1) is 11.3 Å². The molecule has 0 aliphatic carbocycles. The Morgan fingerprint density at radius 2 is 2.28 bits per heavy atom. The smallest absolute Gasteiger partial charge is 0.139 e. The molecule has 0 spiro atoms. The zero-order valence-corrected chi connectivity index (χ0v) is 12.4. The first-order valence-electron chi connectivity index (χ1n) is 5.43. The van der Waals surface area contributed by atoms with Gasteiger partial charge in [0.15, 0.2) is 0 Å². The normalized spacial score (nSPS) is 10.1. The summed E-state index contributed by atoms with van der Waals surface area (Å²) in [6, 6.07) is 8.08. The lowest BCUT2D eigenvalue weighted by atomic mass is 10.1. The second-order valence-corrected chi connectivity index (χ2v) is 5.38. The van der Waals surface area contributed by atoms with Gasteiger partial charge in [0.25, 0.3) is 0 Å². The van der Waals surface area contributed by atoms with Crippen LogP contribution in [0.5, 0.6) is 5.75 Å². The number of benzene rings is 1. The second-order valence-electron chi connectivity index (χ2n) is 3.63. The van der Waals surface area contributed by atoms with Crippen molar-refractivity contribution in [3.63, 3.8) is 0 Å². The molecular formula is C13H11BrN2OS. The Morgan fingerprint density at radius 1 is 1.50 bits per heavy atom. The van der Waals surface area contributed by atoms with Crippen LogP contribution < -0.4 is 4.74 Å². The van der Waals surface area contributed by atoms with Crippen LogP contribution in [0.1, 0.15) is 17.4 Å². The first-order valence-corrected chi connectivity index (χ1v) is 7.04. The Labute approximate surface area is 118 Å². The Kier molecular flexibility index (Phi) is 4.00. The molecule has 0 saturated heterocycles. The van der Waals surface area contributed by atoms with Crippen LogP contribution in [-0.4, -0.2) is 12.1 Å². The van der Waals surface area contributed by atoms with E-state index >= 15 is 0 Å². The predicted octanol–water partition coefficient (Wildman–Crippen LogP) is 4.02. The molecule has 1 aromatic carbocycles. The van der Waals surface area contributed by atoms with Gasteiger partial charge in [-0.1, -0.05) is 6.92 Å². The Balaban J connectivity index is 2.48. The lowest BCUT2D eigenvalue weighted by Crippen LogP contribution is -1.90. The molecule has 18 heavy (non-hydrogen) atoms. The van der Waals surface area contributed by atoms with E-state index in [4.69, 9.17) is 10.00 Å². The summed E-state index contributed by atoms with van der Waals surface area (Å²) >= 11 is 4.68. The van der Waals surface area contributed by atoms with Crippen LogP contribution in [0.25, 0.3) is 10.6 Å². The molecule has 0 atom stereocenters. The minimum atomic E-state index is 0.596. The van der Waals surface area contributed by atoms with Crippen LogP contribution in [0.2, 0.25) is 0 Å². The highest BCUT2D eigenvalue weighted by atomic mass is 79.9. The number of hydrogen-bond donors (Lipinski definition) is 0. The number of hydrogen-bond acceptors (Lipinski definition) is 4. The van der Waals surface area contributed by atoms with Crippen molar-refractivity contribution in [1.29, 1.82) is 5.26 Å². The first-order chi connectivity index (χ1) is 8.69. The minimum Gasteiger partial charge on any atom is -0.496 e. The summed E-state index contributed by atoms with van der Waals surface area (Å²) in [5, 5.41) is 9.78. The summed E-state index contributed by atoms with van der Waals surface area (Å²) in [6.07, 6.45) is 0.897. The number of thiazole rings is 1. The van der Waals surface area contributed by atoms with Gasteiger partial charge in [-0.3, -0.25) is 0 Å². The van der Waals surface area contributed by atoms with E-state index in [1.165, 1.54) is 11.3 Å². The third-order valence-corrected chi connectivity index (χ3v) is 4.44. The topological polar surface area (TPSA) is 45.9 Å². The van der Waals surface area contributed by atoms with Gasteiger partial charge in [0, 0.05) is 5.56 Å². The van der Waals surface area contributed by atoms with Crippen molar-refractivity contribution in [1.82, 2.24) is 4.98 Å². The van der Waals surface area contributed by atoms with Crippen LogP contribution in [0.3, 0.4) is 0 Å². The summed E-state index contributed by atoms with van der Waals surface area (Å²) in [4.78, 5) is 4.95. The third kappa shape index (κ3) is 2.40. The van der Waals surface area contributed by atoms with Crippen LogP contribution in [0.15, 0.2) is 22.8 Å². The summed E-state index contributed by atoms with van der Waals surface area (Å²) in [5.74, 6) is 0.886. The van der Waals surface area contributed by atoms with Crippen molar-refractivity contribution >= 4 is 27.3 Å². The molecule has 0 aliphatic rings. The van der Waals surface area contributed by atoms with Gasteiger partial charge in [0.2, 0.25) is 0 Å². The molecule has 2 aromatic rings. The zero-order valence-electron chi connectivity index (χ0n) is 10.0. The van der Waals surface area contributed by atoms with E-state index in [1.54, 1.807) is 7.11 Å². The number of aryl methyl sites for hydroxylation is 1. The van der Waals surface area contributed by atoms with Crippen molar-refractivity contribution in [2.24, 2.45) is 0 Å². The molecule has 0 amide bonds. The average Bonchev–Trinajstić information content (AvgIpc) is 2.79. The van der Waals surface area contributed by atoms with Crippen LogP contribution in [-0.2, 0) is 6.42 Å². The summed E-state index contributed by atoms with van der Waals surface area (Å²) in [5.41, 5.74) is 2.15. The fraction of sp³-hybridized carbons (Fsp3) is 0.231. The van der Waals surface area contributed by atoms with Gasteiger partial charge in [-0.15, -0.1) is 11.3 Å². The highest BCUT2D eigenvalue weighted by molar-refractivity contribution is 9.10. The molecule has 3 nitrogen and oxygen atoms in total. The molecule has 2 rings (SSSR count). The summed E-state index contributed by atoms with van der Waals surface area (Å²) < 4.78 is 5.91. The van der Waals surface area contributed by atoms with Crippen molar-refractivity contribution in [2.75, 3.05) is 7.11 Å². The molecule has 0 saturated carbocycles. The van der Waals surface area contributed by atoms with E-state index in [1.807, 2.05) is 12.1 Å². The summed E-state index contributed by atoms with van der Waals surface area (Å²) in [7, 11) is 1.67. The maximum atomic E-state index is 8.93. The Hall–Kier alpha value is -1.38. The average molecular weight is 323 g/mol. The minimum absolute atomic E-state index is 0.596. The van der Waals surface area contributed by atoms with Gasteiger partial charge >= 0.3 is 0 Å². The molecular weight excluding hydrogens is 312 g/mol. The number of aromatic nitrogens is 1. The van der Waals surface area contributed by atoms with Crippen molar-refractivity contribution in [2.45, 2.75) is 13.3 Å². The van der Waals surface area contributed by atoms with Crippen molar-refractivity contribution in [3.05, 3.63) is 33.2 Å². The SMILES string of the molecule is CCc1cc(-c2nc(Br)c(C#N)s2)ccc1OC. The first kappa shape index (κ1) is 13.1. The monoisotopic (exact) mass is 322 g/mol. The molecule has 1 heterocycles. The molecule has 0 N–H and O–H groups in total. The largest absolute Gasteiger partial charge is 0.496 e. The van der Waals surface area contributed by atoms with E-state index in [-0.39, 0.29) is 0 Å². The molecule has 5 heteroatoms. The maximum Gasteiger partial charge on any atom is 0.139 e. The van der Waals surface area contributed by atoms with Crippen molar-refractivity contribution in [3.8, 4) is 22.4 Å². The highest BCUT2D eigenvalue weighted by Crippen LogP contribution is 2.33. The molecule has 0 bridgehead atoms. The standard InChI is InChI=1S/C13H11BrN2OS/c1-3-8-6-9(4-5-10(8)17-2)13-16-12(14)11(7-15)18-13/h4-6H,3H2,1-2H3. The highest BCUT2D eigenvalue weighted by Gasteiger charge is 2.11. The van der Waals surface area contributed by atoms with E-state index in [9.17, 15) is 0 Å². The molecule has 0 aliphatic heterocycles. The fourth-order valence-electron chi connectivity index (χ4n) is 1.68. The van der Waals surface area contributed by atoms with Gasteiger partial charge in [0.1, 0.15) is 26.3 Å². The van der Waals surface area contributed by atoms with Crippen LogP contribution >= 0.6 is 27.3 Å². The van der Waals surface area contributed by atoms with Gasteiger partial charge in [-0.05, 0) is 46.1 Å². The van der Waals surface area contributed by atoms with Crippen LogP contribution in [0.4, 0.5) is 0 Å². The zero-order chi connectivity index (χ0) is 13.1. The number of rotatable bonds is 3. The number of halogens is 1. The fourth-order valence-corrected chi connectivity index (χ4v) is 3.06. The number of nitrogens with zero attached hydrogens (tertiary/aromatic N) is 2. The van der Waals surface area contributed by atoms with Gasteiger partial charge in [0.05, 0.1) is 7.11 Å². The predicted molar refractivity (Wildman–Crippen MR) is 75.9 cm³/mol. The second kappa shape index (κ2) is 5.51.